The molecule has 36 heavy (non-hydrogen) atoms. The topological polar surface area (TPSA) is 122 Å². The van der Waals surface area contributed by atoms with Gasteiger partial charge in [0.2, 0.25) is 12.2 Å². The molecule has 0 aliphatic carbocycles. The predicted octanol–water partition coefficient (Wildman–Crippen LogP) is 2.68. The van der Waals surface area contributed by atoms with Crippen LogP contribution >= 0.6 is 0 Å². The number of rotatable bonds is 11. The highest BCUT2D eigenvalue weighted by atomic mass is 16.7. The molecule has 0 spiro atoms. The SMILES string of the molecule is C[C@H](NC(=O)c1ncc(CCCc2ccccc2)[nH]1)C(=O)NC1CC(=O)OC1OCc1ccccc1. The third kappa shape index (κ3) is 7.02. The number of nitrogens with one attached hydrogen (secondary N) is 3. The van der Waals surface area contributed by atoms with Gasteiger partial charge in [0.05, 0.1) is 13.0 Å². The summed E-state index contributed by atoms with van der Waals surface area (Å²) in [5, 5.41) is 5.38. The molecule has 0 saturated carbocycles. The molecule has 3 aromatic rings. The number of carbonyl (C=O) groups excluding carboxylic acids is 3. The van der Waals surface area contributed by atoms with Crippen LogP contribution in [0.3, 0.4) is 0 Å². The number of carbonyl (C=O) groups is 3. The number of nitrogens with zero attached hydrogens (tertiary/aromatic N) is 1. The van der Waals surface area contributed by atoms with E-state index >= 15 is 0 Å². The molecule has 9 nitrogen and oxygen atoms in total. The van der Waals surface area contributed by atoms with Gasteiger partial charge in [0.25, 0.3) is 5.91 Å². The van der Waals surface area contributed by atoms with E-state index < -0.39 is 36.2 Å². The van der Waals surface area contributed by atoms with E-state index in [4.69, 9.17) is 9.47 Å². The zero-order valence-electron chi connectivity index (χ0n) is 20.1. The third-order valence-corrected chi connectivity index (χ3v) is 5.89. The monoisotopic (exact) mass is 490 g/mol. The highest BCUT2D eigenvalue weighted by Gasteiger charge is 2.37. The van der Waals surface area contributed by atoms with E-state index in [1.54, 1.807) is 13.1 Å². The van der Waals surface area contributed by atoms with E-state index in [0.717, 1.165) is 30.5 Å². The van der Waals surface area contributed by atoms with E-state index in [9.17, 15) is 14.4 Å². The Hall–Kier alpha value is -3.98. The van der Waals surface area contributed by atoms with Crippen LogP contribution in [0.2, 0.25) is 0 Å². The van der Waals surface area contributed by atoms with E-state index in [1.165, 1.54) is 5.56 Å². The molecule has 3 atom stereocenters. The number of hydrogen-bond donors (Lipinski definition) is 3. The van der Waals surface area contributed by atoms with Crippen LogP contribution in [-0.2, 0) is 38.5 Å². The van der Waals surface area contributed by atoms with Gasteiger partial charge in [-0.2, -0.15) is 0 Å². The molecule has 9 heteroatoms. The lowest BCUT2D eigenvalue weighted by Gasteiger charge is -2.21. The number of hydrogen-bond acceptors (Lipinski definition) is 6. The largest absolute Gasteiger partial charge is 0.433 e. The first-order valence-electron chi connectivity index (χ1n) is 12.0. The lowest BCUT2D eigenvalue weighted by molar-refractivity contribution is -0.168. The summed E-state index contributed by atoms with van der Waals surface area (Å²) in [5.74, 6) is -1.24. The molecule has 1 fully saturated rings. The van der Waals surface area contributed by atoms with Crippen LogP contribution in [0.1, 0.15) is 47.2 Å². The lowest BCUT2D eigenvalue weighted by Crippen LogP contribution is -2.50. The maximum absolute atomic E-state index is 12.7. The Morgan fingerprint density at radius 3 is 2.50 bits per heavy atom. The maximum Gasteiger partial charge on any atom is 0.310 e. The van der Waals surface area contributed by atoms with Crippen LogP contribution in [0.5, 0.6) is 0 Å². The molecule has 4 rings (SSSR count). The van der Waals surface area contributed by atoms with E-state index in [0.29, 0.717) is 0 Å². The van der Waals surface area contributed by atoms with Gasteiger partial charge in [0.15, 0.2) is 5.82 Å². The Bertz CT molecular complexity index is 1170. The number of esters is 1. The molecule has 2 heterocycles. The summed E-state index contributed by atoms with van der Waals surface area (Å²) in [6.07, 6.45) is 3.35. The first-order valence-corrected chi connectivity index (χ1v) is 12.0. The van der Waals surface area contributed by atoms with Crippen LogP contribution in [0, 0.1) is 0 Å². The van der Waals surface area contributed by atoms with Gasteiger partial charge >= 0.3 is 5.97 Å². The smallest absolute Gasteiger partial charge is 0.310 e. The highest BCUT2D eigenvalue weighted by Crippen LogP contribution is 2.18. The van der Waals surface area contributed by atoms with Crippen molar-refractivity contribution in [2.24, 2.45) is 0 Å². The summed E-state index contributed by atoms with van der Waals surface area (Å²) in [6, 6.07) is 18.1. The first kappa shape index (κ1) is 25.1. The second-order valence-corrected chi connectivity index (χ2v) is 8.77. The fourth-order valence-electron chi connectivity index (χ4n) is 3.92. The van der Waals surface area contributed by atoms with E-state index in [-0.39, 0.29) is 18.9 Å². The number of aryl methyl sites for hydroxylation is 2. The van der Waals surface area contributed by atoms with Crippen LogP contribution in [0.15, 0.2) is 66.9 Å². The molecule has 2 amide bonds. The fraction of sp³-hybridized carbons (Fsp3) is 0.333. The van der Waals surface area contributed by atoms with Gasteiger partial charge in [0, 0.05) is 11.9 Å². The van der Waals surface area contributed by atoms with Gasteiger partial charge in [-0.25, -0.2) is 4.98 Å². The number of aromatic amines is 1. The molecule has 1 aliphatic rings. The van der Waals surface area contributed by atoms with Crippen molar-refractivity contribution in [3.05, 3.63) is 89.5 Å². The summed E-state index contributed by atoms with van der Waals surface area (Å²) >= 11 is 0. The number of H-pyrrole nitrogens is 1. The average Bonchev–Trinajstić information content (AvgIpc) is 3.50. The molecule has 0 bridgehead atoms. The molecule has 1 aromatic heterocycles. The van der Waals surface area contributed by atoms with Crippen molar-refractivity contribution >= 4 is 17.8 Å². The number of aromatic nitrogens is 2. The van der Waals surface area contributed by atoms with Gasteiger partial charge in [-0.05, 0) is 37.3 Å². The average molecular weight is 491 g/mol. The van der Waals surface area contributed by atoms with E-state index in [2.05, 4.69) is 32.7 Å². The molecule has 3 N–H and O–H groups in total. The summed E-state index contributed by atoms with van der Waals surface area (Å²) in [7, 11) is 0. The maximum atomic E-state index is 12.7. The summed E-state index contributed by atoms with van der Waals surface area (Å²) < 4.78 is 10.9. The standard InChI is InChI=1S/C27H30N4O5/c1-18(25(33)31-22-15-23(32)36-27(22)35-17-20-11-6-3-7-12-20)29-26(34)24-28-16-21(30-24)14-8-13-19-9-4-2-5-10-19/h2-7,9-12,16,18,22,27H,8,13-15,17H2,1H3,(H,28,30)(H,29,34)(H,31,33)/t18-,22?,27?/m0/s1. The zero-order valence-corrected chi connectivity index (χ0v) is 20.1. The van der Waals surface area contributed by atoms with E-state index in [1.807, 2.05) is 48.5 Å². The van der Waals surface area contributed by atoms with Crippen LogP contribution < -0.4 is 10.6 Å². The molecular weight excluding hydrogens is 460 g/mol. The predicted molar refractivity (Wildman–Crippen MR) is 132 cm³/mol. The highest BCUT2D eigenvalue weighted by molar-refractivity contribution is 5.95. The third-order valence-electron chi connectivity index (χ3n) is 5.89. The van der Waals surface area contributed by atoms with Gasteiger partial charge in [0.1, 0.15) is 12.1 Å². The van der Waals surface area contributed by atoms with Gasteiger partial charge in [-0.15, -0.1) is 0 Å². The number of amides is 2. The van der Waals surface area contributed by atoms with Crippen molar-refractivity contribution in [1.82, 2.24) is 20.6 Å². The molecule has 1 aliphatic heterocycles. The molecule has 0 radical (unpaired) electrons. The minimum absolute atomic E-state index is 0.00358. The number of benzene rings is 2. The summed E-state index contributed by atoms with van der Waals surface area (Å²) in [4.78, 5) is 44.3. The molecular formula is C27H30N4O5. The van der Waals surface area contributed by atoms with Gasteiger partial charge in [-0.1, -0.05) is 60.7 Å². The Morgan fingerprint density at radius 1 is 1.08 bits per heavy atom. The fourth-order valence-corrected chi connectivity index (χ4v) is 3.92. The molecule has 2 aromatic carbocycles. The minimum atomic E-state index is -0.895. The molecule has 2 unspecified atom stereocenters. The number of ether oxygens (including phenoxy) is 2. The van der Waals surface area contributed by atoms with Crippen molar-refractivity contribution in [3.8, 4) is 0 Å². The minimum Gasteiger partial charge on any atom is -0.433 e. The Kier molecular flexibility index (Phi) is 8.46. The quantitative estimate of drug-likeness (QED) is 0.355. The van der Waals surface area contributed by atoms with Crippen LogP contribution in [0.25, 0.3) is 0 Å². The molecule has 1 saturated heterocycles. The van der Waals surface area contributed by atoms with Gasteiger partial charge in [-0.3, -0.25) is 14.4 Å². The summed E-state index contributed by atoms with van der Waals surface area (Å²) in [6.45, 7) is 1.80. The lowest BCUT2D eigenvalue weighted by atomic mass is 10.1. The van der Waals surface area contributed by atoms with Crippen molar-refractivity contribution in [3.63, 3.8) is 0 Å². The number of cyclic esters (lactones) is 1. The Morgan fingerprint density at radius 2 is 1.78 bits per heavy atom. The van der Waals surface area contributed by atoms with Crippen molar-refractivity contribution in [1.29, 1.82) is 0 Å². The zero-order chi connectivity index (χ0) is 25.3. The second-order valence-electron chi connectivity index (χ2n) is 8.77. The van der Waals surface area contributed by atoms with Crippen molar-refractivity contribution in [2.75, 3.05) is 0 Å². The summed E-state index contributed by atoms with van der Waals surface area (Å²) in [5.41, 5.74) is 3.04. The van der Waals surface area contributed by atoms with Crippen molar-refractivity contribution in [2.45, 2.75) is 57.6 Å². The molecule has 188 valence electrons. The van der Waals surface area contributed by atoms with Crippen LogP contribution in [-0.4, -0.2) is 46.1 Å². The van der Waals surface area contributed by atoms with Gasteiger partial charge < -0.3 is 25.1 Å². The normalized spacial score (nSPS) is 17.9. The first-order chi connectivity index (χ1) is 17.5. The van der Waals surface area contributed by atoms with Crippen molar-refractivity contribution < 1.29 is 23.9 Å². The number of imidazole rings is 1. The Labute approximate surface area is 209 Å². The Balaban J connectivity index is 1.23. The van der Waals surface area contributed by atoms with Crippen LogP contribution in [0.4, 0.5) is 0 Å². The second kappa shape index (κ2) is 12.1.